The number of benzene rings is 1. The molecule has 0 saturated heterocycles. The number of carboxylic acid groups (broad SMARTS) is 1. The molecule has 104 valence electrons. The van der Waals surface area contributed by atoms with Crippen LogP contribution in [0.1, 0.15) is 19.4 Å². The normalized spacial score (nSPS) is 10.6. The maximum atomic E-state index is 13.0. The van der Waals surface area contributed by atoms with Gasteiger partial charge in [-0.1, -0.05) is 6.07 Å². The van der Waals surface area contributed by atoms with E-state index in [-0.39, 0.29) is 12.5 Å². The highest BCUT2D eigenvalue weighted by molar-refractivity contribution is 5.83. The Labute approximate surface area is 109 Å². The fraction of sp³-hybridized carbons (Fsp3) is 0.385. The summed E-state index contributed by atoms with van der Waals surface area (Å²) >= 11 is 0. The molecular formula is C13H15F2NO3. The summed E-state index contributed by atoms with van der Waals surface area (Å²) in [4.78, 5) is 23.8. The average molecular weight is 271 g/mol. The molecule has 19 heavy (non-hydrogen) atoms. The molecule has 1 amide bonds. The Balaban J connectivity index is 2.81. The topological polar surface area (TPSA) is 57.6 Å². The molecule has 0 aromatic heterocycles. The van der Waals surface area contributed by atoms with Crippen molar-refractivity contribution in [3.05, 3.63) is 35.4 Å². The average Bonchev–Trinajstić information content (AvgIpc) is 2.30. The molecule has 0 saturated carbocycles. The van der Waals surface area contributed by atoms with E-state index in [4.69, 9.17) is 5.11 Å². The zero-order valence-electron chi connectivity index (χ0n) is 10.7. The predicted molar refractivity (Wildman–Crippen MR) is 64.5 cm³/mol. The van der Waals surface area contributed by atoms with Gasteiger partial charge >= 0.3 is 5.97 Å². The summed E-state index contributed by atoms with van der Waals surface area (Å²) < 4.78 is 25.8. The Kier molecular flexibility index (Phi) is 4.97. The van der Waals surface area contributed by atoms with Crippen molar-refractivity contribution < 1.29 is 23.5 Å². The van der Waals surface area contributed by atoms with Gasteiger partial charge in [0.2, 0.25) is 5.91 Å². The number of hydrogen-bond donors (Lipinski definition) is 1. The van der Waals surface area contributed by atoms with Crippen LogP contribution in [0, 0.1) is 11.6 Å². The molecule has 0 aliphatic rings. The second kappa shape index (κ2) is 6.26. The van der Waals surface area contributed by atoms with Gasteiger partial charge in [-0.15, -0.1) is 0 Å². The number of rotatable bonds is 5. The van der Waals surface area contributed by atoms with Crippen LogP contribution in [0.15, 0.2) is 18.2 Å². The van der Waals surface area contributed by atoms with Gasteiger partial charge in [0.15, 0.2) is 11.6 Å². The first-order chi connectivity index (χ1) is 8.81. The number of nitrogens with zero attached hydrogens (tertiary/aromatic N) is 1. The number of carbonyl (C=O) groups is 2. The zero-order chi connectivity index (χ0) is 14.6. The summed E-state index contributed by atoms with van der Waals surface area (Å²) in [5.74, 6) is -3.57. The van der Waals surface area contributed by atoms with Crippen LogP contribution in [-0.4, -0.2) is 34.5 Å². The fourth-order valence-corrected chi connectivity index (χ4v) is 1.63. The molecule has 1 aromatic carbocycles. The van der Waals surface area contributed by atoms with Crippen molar-refractivity contribution in [2.24, 2.45) is 0 Å². The zero-order valence-corrected chi connectivity index (χ0v) is 10.7. The standard InChI is InChI=1S/C13H15F2NO3/c1-8(2)16(7-13(18)19)12(17)6-9-3-4-10(14)11(15)5-9/h3-5,8H,6-7H2,1-2H3,(H,18,19). The van der Waals surface area contributed by atoms with Gasteiger partial charge in [-0.2, -0.15) is 0 Å². The highest BCUT2D eigenvalue weighted by Gasteiger charge is 2.20. The van der Waals surface area contributed by atoms with Crippen LogP contribution in [0.4, 0.5) is 8.78 Å². The van der Waals surface area contributed by atoms with Crippen LogP contribution in [0.2, 0.25) is 0 Å². The molecule has 0 heterocycles. The van der Waals surface area contributed by atoms with E-state index in [9.17, 15) is 18.4 Å². The highest BCUT2D eigenvalue weighted by Crippen LogP contribution is 2.11. The van der Waals surface area contributed by atoms with Gasteiger partial charge in [0.1, 0.15) is 6.54 Å². The van der Waals surface area contributed by atoms with Gasteiger partial charge in [-0.05, 0) is 31.5 Å². The molecule has 6 heteroatoms. The summed E-state index contributed by atoms with van der Waals surface area (Å²) in [6.07, 6.45) is -0.164. The number of amides is 1. The van der Waals surface area contributed by atoms with E-state index in [1.807, 2.05) is 0 Å². The quantitative estimate of drug-likeness (QED) is 0.888. The third-order valence-electron chi connectivity index (χ3n) is 2.59. The number of carboxylic acids is 1. The van der Waals surface area contributed by atoms with E-state index in [0.717, 1.165) is 12.1 Å². The molecule has 0 aliphatic carbocycles. The third-order valence-corrected chi connectivity index (χ3v) is 2.59. The lowest BCUT2D eigenvalue weighted by Crippen LogP contribution is -2.41. The minimum absolute atomic E-state index is 0.164. The number of aliphatic carboxylic acids is 1. The Morgan fingerprint density at radius 2 is 1.89 bits per heavy atom. The third kappa shape index (κ3) is 4.31. The summed E-state index contributed by atoms with van der Waals surface area (Å²) in [6, 6.07) is 2.89. The SMILES string of the molecule is CC(C)N(CC(=O)O)C(=O)Cc1ccc(F)c(F)c1. The summed E-state index contributed by atoms with van der Waals surface area (Å²) in [7, 11) is 0. The van der Waals surface area contributed by atoms with Gasteiger partial charge in [-0.3, -0.25) is 9.59 Å². The molecule has 0 unspecified atom stereocenters. The summed E-state index contributed by atoms with van der Waals surface area (Å²) in [5, 5.41) is 8.72. The first-order valence-electron chi connectivity index (χ1n) is 5.76. The van der Waals surface area contributed by atoms with Crippen molar-refractivity contribution in [1.82, 2.24) is 4.90 Å². The van der Waals surface area contributed by atoms with Crippen LogP contribution in [0.3, 0.4) is 0 Å². The van der Waals surface area contributed by atoms with E-state index >= 15 is 0 Å². The van der Waals surface area contributed by atoms with Crippen LogP contribution in [0.25, 0.3) is 0 Å². The molecular weight excluding hydrogens is 256 g/mol. The Bertz CT molecular complexity index is 489. The largest absolute Gasteiger partial charge is 0.480 e. The second-order valence-corrected chi connectivity index (χ2v) is 4.43. The Morgan fingerprint density at radius 3 is 2.37 bits per heavy atom. The van der Waals surface area contributed by atoms with Gasteiger partial charge in [0, 0.05) is 6.04 Å². The molecule has 0 bridgehead atoms. The molecule has 0 aliphatic heterocycles. The highest BCUT2D eigenvalue weighted by atomic mass is 19.2. The second-order valence-electron chi connectivity index (χ2n) is 4.43. The molecule has 1 N–H and O–H groups in total. The lowest BCUT2D eigenvalue weighted by atomic mass is 10.1. The van der Waals surface area contributed by atoms with Crippen LogP contribution in [-0.2, 0) is 16.0 Å². The molecule has 4 nitrogen and oxygen atoms in total. The van der Waals surface area contributed by atoms with Crippen molar-refractivity contribution in [2.75, 3.05) is 6.54 Å². The van der Waals surface area contributed by atoms with Crippen molar-refractivity contribution in [3.8, 4) is 0 Å². The minimum Gasteiger partial charge on any atom is -0.480 e. The van der Waals surface area contributed by atoms with E-state index in [2.05, 4.69) is 0 Å². The summed E-state index contributed by atoms with van der Waals surface area (Å²) in [5.41, 5.74) is 0.305. The van der Waals surface area contributed by atoms with Gasteiger partial charge < -0.3 is 10.0 Å². The molecule has 1 rings (SSSR count). The molecule has 0 atom stereocenters. The maximum absolute atomic E-state index is 13.0. The lowest BCUT2D eigenvalue weighted by molar-refractivity contribution is -0.145. The Hall–Kier alpha value is -1.98. The molecule has 0 fully saturated rings. The van der Waals surface area contributed by atoms with E-state index in [0.29, 0.717) is 5.56 Å². The number of hydrogen-bond acceptors (Lipinski definition) is 2. The summed E-state index contributed by atoms with van der Waals surface area (Å²) in [6.45, 7) is 2.96. The van der Waals surface area contributed by atoms with Crippen molar-refractivity contribution in [3.63, 3.8) is 0 Å². The molecule has 1 aromatic rings. The smallest absolute Gasteiger partial charge is 0.323 e. The number of carbonyl (C=O) groups excluding carboxylic acids is 1. The minimum atomic E-state index is -1.12. The first-order valence-corrected chi connectivity index (χ1v) is 5.76. The molecule has 0 radical (unpaired) electrons. The van der Waals surface area contributed by atoms with Crippen LogP contribution in [0.5, 0.6) is 0 Å². The van der Waals surface area contributed by atoms with Gasteiger partial charge in [-0.25, -0.2) is 8.78 Å². The van der Waals surface area contributed by atoms with Crippen molar-refractivity contribution >= 4 is 11.9 Å². The molecule has 0 spiro atoms. The van der Waals surface area contributed by atoms with Crippen LogP contribution >= 0.6 is 0 Å². The van der Waals surface area contributed by atoms with E-state index < -0.39 is 30.1 Å². The lowest BCUT2D eigenvalue weighted by Gasteiger charge is -2.24. The van der Waals surface area contributed by atoms with Crippen LogP contribution < -0.4 is 0 Å². The van der Waals surface area contributed by atoms with Gasteiger partial charge in [0.05, 0.1) is 6.42 Å². The van der Waals surface area contributed by atoms with Crippen molar-refractivity contribution in [1.29, 1.82) is 0 Å². The fourth-order valence-electron chi connectivity index (χ4n) is 1.63. The first kappa shape index (κ1) is 15.1. The Morgan fingerprint density at radius 1 is 1.26 bits per heavy atom. The van der Waals surface area contributed by atoms with E-state index in [1.54, 1.807) is 13.8 Å². The van der Waals surface area contributed by atoms with Gasteiger partial charge in [0.25, 0.3) is 0 Å². The van der Waals surface area contributed by atoms with Crippen molar-refractivity contribution in [2.45, 2.75) is 26.3 Å². The predicted octanol–water partition coefficient (Wildman–Crippen LogP) is 1.83. The number of halogens is 2. The maximum Gasteiger partial charge on any atom is 0.323 e. The monoisotopic (exact) mass is 271 g/mol. The van der Waals surface area contributed by atoms with E-state index in [1.165, 1.54) is 11.0 Å².